The molecule has 1 saturated heterocycles. The van der Waals surface area contributed by atoms with Gasteiger partial charge in [-0.05, 0) is 48.2 Å². The number of hydrogen-bond acceptors (Lipinski definition) is 4. The van der Waals surface area contributed by atoms with Crippen molar-refractivity contribution in [3.05, 3.63) is 70.5 Å². The van der Waals surface area contributed by atoms with E-state index in [2.05, 4.69) is 15.4 Å². The smallest absolute Gasteiger partial charge is 0.267 e. The lowest BCUT2D eigenvalue weighted by Gasteiger charge is -2.21. The molecule has 0 radical (unpaired) electrons. The predicted octanol–water partition coefficient (Wildman–Crippen LogP) is 4.39. The summed E-state index contributed by atoms with van der Waals surface area (Å²) in [4.78, 5) is 25.0. The van der Waals surface area contributed by atoms with Crippen molar-refractivity contribution in [1.82, 2.24) is 15.4 Å². The van der Waals surface area contributed by atoms with E-state index in [1.807, 2.05) is 42.5 Å². The highest BCUT2D eigenvalue weighted by Crippen LogP contribution is 2.19. The number of ether oxygens (including phenoxy) is 1. The lowest BCUT2D eigenvalue weighted by Crippen LogP contribution is -2.32. The summed E-state index contributed by atoms with van der Waals surface area (Å²) < 4.78 is 5.40. The highest BCUT2D eigenvalue weighted by Gasteiger charge is 2.14. The fourth-order valence-electron chi connectivity index (χ4n) is 3.19. The molecule has 1 atom stereocenters. The summed E-state index contributed by atoms with van der Waals surface area (Å²) in [5.41, 5.74) is 6.28. The number of nitrogens with one attached hydrogen (secondary N) is 2. The van der Waals surface area contributed by atoms with Crippen LogP contribution in [0.3, 0.4) is 0 Å². The van der Waals surface area contributed by atoms with Crippen LogP contribution in [0.25, 0.3) is 17.1 Å². The van der Waals surface area contributed by atoms with Crippen molar-refractivity contribution in [2.24, 2.45) is 0 Å². The summed E-state index contributed by atoms with van der Waals surface area (Å²) in [5.74, 6) is 0.566. The first-order chi connectivity index (χ1) is 14.2. The van der Waals surface area contributed by atoms with Crippen LogP contribution in [0.1, 0.15) is 36.2 Å². The Labute approximate surface area is 173 Å². The molecular weight excluding hydrogens is 390 g/mol. The molecule has 7 heteroatoms. The fourth-order valence-corrected chi connectivity index (χ4v) is 3.36. The number of amides is 1. The van der Waals surface area contributed by atoms with Crippen molar-refractivity contribution >= 4 is 34.6 Å². The molecule has 6 nitrogen and oxygen atoms in total. The Balaban J connectivity index is 1.30. The minimum absolute atomic E-state index is 0.316. The number of hydroxylamine groups is 1. The second-order valence-corrected chi connectivity index (χ2v) is 7.41. The van der Waals surface area contributed by atoms with E-state index in [-0.39, 0.29) is 12.2 Å². The Morgan fingerprint density at radius 3 is 2.93 bits per heavy atom. The van der Waals surface area contributed by atoms with Crippen LogP contribution in [0.4, 0.5) is 0 Å². The van der Waals surface area contributed by atoms with Crippen molar-refractivity contribution < 1.29 is 14.4 Å². The van der Waals surface area contributed by atoms with E-state index in [0.717, 1.165) is 47.2 Å². The van der Waals surface area contributed by atoms with Gasteiger partial charge in [-0.2, -0.15) is 0 Å². The van der Waals surface area contributed by atoms with Gasteiger partial charge in [-0.25, -0.2) is 15.3 Å². The van der Waals surface area contributed by atoms with E-state index >= 15 is 0 Å². The molecule has 1 aliphatic heterocycles. The number of aromatic nitrogens is 2. The molecule has 150 valence electrons. The van der Waals surface area contributed by atoms with Gasteiger partial charge in [-0.3, -0.25) is 4.79 Å². The number of benzene rings is 2. The number of halogens is 1. The SMILES string of the molecule is O=C(/C=C/c1ccc(Cc2nc3cc(Cl)ccc3[nH]2)cc1)NOC1CCCCO1. The van der Waals surface area contributed by atoms with Crippen LogP contribution in [0, 0.1) is 0 Å². The van der Waals surface area contributed by atoms with Gasteiger partial charge >= 0.3 is 0 Å². The lowest BCUT2D eigenvalue weighted by molar-refractivity contribution is -0.198. The molecular formula is C22H22ClN3O3. The molecule has 0 bridgehead atoms. The van der Waals surface area contributed by atoms with Gasteiger partial charge in [0.2, 0.25) is 0 Å². The molecule has 0 spiro atoms. The number of rotatable bonds is 6. The summed E-state index contributed by atoms with van der Waals surface area (Å²) >= 11 is 6.01. The zero-order valence-corrected chi connectivity index (χ0v) is 16.6. The maximum absolute atomic E-state index is 11.9. The van der Waals surface area contributed by atoms with Crippen molar-refractivity contribution in [2.75, 3.05) is 6.61 Å². The van der Waals surface area contributed by atoms with Gasteiger partial charge in [0.15, 0.2) is 6.29 Å². The molecule has 3 aromatic rings. The minimum Gasteiger partial charge on any atom is -0.350 e. The van der Waals surface area contributed by atoms with Crippen LogP contribution < -0.4 is 5.48 Å². The average Bonchev–Trinajstić information content (AvgIpc) is 3.14. The molecule has 2 N–H and O–H groups in total. The number of nitrogens with zero attached hydrogens (tertiary/aromatic N) is 1. The second-order valence-electron chi connectivity index (χ2n) is 6.98. The molecule has 1 aromatic heterocycles. The Kier molecular flexibility index (Phi) is 6.24. The molecule has 1 amide bonds. The first-order valence-corrected chi connectivity index (χ1v) is 10.0. The highest BCUT2D eigenvalue weighted by atomic mass is 35.5. The van der Waals surface area contributed by atoms with Crippen molar-refractivity contribution in [1.29, 1.82) is 0 Å². The summed E-state index contributed by atoms with van der Waals surface area (Å²) in [6.07, 6.45) is 6.40. The van der Waals surface area contributed by atoms with Gasteiger partial charge in [0.25, 0.3) is 5.91 Å². The van der Waals surface area contributed by atoms with E-state index in [9.17, 15) is 4.79 Å². The number of hydrogen-bond donors (Lipinski definition) is 2. The quantitative estimate of drug-likeness (QED) is 0.465. The summed E-state index contributed by atoms with van der Waals surface area (Å²) in [7, 11) is 0. The molecule has 29 heavy (non-hydrogen) atoms. The summed E-state index contributed by atoms with van der Waals surface area (Å²) in [5, 5.41) is 0.674. The van der Waals surface area contributed by atoms with E-state index in [1.54, 1.807) is 6.08 Å². The van der Waals surface area contributed by atoms with E-state index < -0.39 is 0 Å². The molecule has 4 rings (SSSR count). The third-order valence-electron chi connectivity index (χ3n) is 4.70. The third-order valence-corrected chi connectivity index (χ3v) is 4.94. The second kappa shape index (κ2) is 9.22. The van der Waals surface area contributed by atoms with Gasteiger partial charge in [-0.15, -0.1) is 0 Å². The number of carbonyl (C=O) groups excluding carboxylic acids is 1. The Morgan fingerprint density at radius 1 is 1.28 bits per heavy atom. The first-order valence-electron chi connectivity index (χ1n) is 9.64. The summed E-state index contributed by atoms with van der Waals surface area (Å²) in [6.45, 7) is 0.671. The van der Waals surface area contributed by atoms with Crippen LogP contribution in [0.5, 0.6) is 0 Å². The molecule has 1 aliphatic rings. The Hall–Kier alpha value is -2.67. The largest absolute Gasteiger partial charge is 0.350 e. The average molecular weight is 412 g/mol. The van der Waals surface area contributed by atoms with Crippen LogP contribution in [0.2, 0.25) is 5.02 Å². The normalized spacial score (nSPS) is 17.1. The Bertz CT molecular complexity index is 1010. The topological polar surface area (TPSA) is 76.2 Å². The standard InChI is InChI=1S/C22H22ClN3O3/c23-17-9-10-18-19(14-17)25-20(24-18)13-16-6-4-15(5-7-16)8-11-21(27)26-29-22-3-1-2-12-28-22/h4-11,14,22H,1-3,12-13H2,(H,24,25)(H,26,27)/b11-8+. The number of carbonyl (C=O) groups is 1. The van der Waals surface area contributed by atoms with Gasteiger partial charge in [0.05, 0.1) is 11.0 Å². The lowest BCUT2D eigenvalue weighted by atomic mass is 10.1. The molecule has 1 fully saturated rings. The number of imidazole rings is 1. The molecule has 2 heterocycles. The molecule has 0 saturated carbocycles. The van der Waals surface area contributed by atoms with Crippen molar-refractivity contribution in [2.45, 2.75) is 32.0 Å². The monoisotopic (exact) mass is 411 g/mol. The van der Waals surface area contributed by atoms with Crippen LogP contribution in [-0.4, -0.2) is 28.8 Å². The van der Waals surface area contributed by atoms with Gasteiger partial charge < -0.3 is 9.72 Å². The van der Waals surface area contributed by atoms with E-state index in [1.165, 1.54) is 6.08 Å². The van der Waals surface area contributed by atoms with Gasteiger partial charge in [-0.1, -0.05) is 35.9 Å². The van der Waals surface area contributed by atoms with Gasteiger partial charge in [0, 0.05) is 30.5 Å². The summed E-state index contributed by atoms with van der Waals surface area (Å²) in [6, 6.07) is 13.6. The minimum atomic E-state index is -0.352. The third kappa shape index (κ3) is 5.44. The Morgan fingerprint density at radius 2 is 2.14 bits per heavy atom. The predicted molar refractivity (Wildman–Crippen MR) is 112 cm³/mol. The zero-order valence-electron chi connectivity index (χ0n) is 15.9. The zero-order chi connectivity index (χ0) is 20.1. The molecule has 1 unspecified atom stereocenters. The van der Waals surface area contributed by atoms with E-state index in [4.69, 9.17) is 21.2 Å². The molecule has 2 aromatic carbocycles. The molecule has 0 aliphatic carbocycles. The van der Waals surface area contributed by atoms with Gasteiger partial charge in [0.1, 0.15) is 5.82 Å². The maximum atomic E-state index is 11.9. The van der Waals surface area contributed by atoms with Crippen LogP contribution >= 0.6 is 11.6 Å². The first kappa shape index (κ1) is 19.6. The number of fused-ring (bicyclic) bond motifs is 1. The number of H-pyrrole nitrogens is 1. The van der Waals surface area contributed by atoms with Crippen LogP contribution in [-0.2, 0) is 20.8 Å². The fraction of sp³-hybridized carbons (Fsp3) is 0.273. The van der Waals surface area contributed by atoms with Crippen LogP contribution in [0.15, 0.2) is 48.5 Å². The maximum Gasteiger partial charge on any atom is 0.267 e. The van der Waals surface area contributed by atoms with E-state index in [0.29, 0.717) is 18.1 Å². The number of aromatic amines is 1. The van der Waals surface area contributed by atoms with Crippen molar-refractivity contribution in [3.63, 3.8) is 0 Å². The van der Waals surface area contributed by atoms with Crippen molar-refractivity contribution in [3.8, 4) is 0 Å². The highest BCUT2D eigenvalue weighted by molar-refractivity contribution is 6.31.